The van der Waals surface area contributed by atoms with E-state index in [9.17, 15) is 9.90 Å². The Bertz CT molecular complexity index is 1250. The van der Waals surface area contributed by atoms with E-state index in [0.717, 1.165) is 29.0 Å². The summed E-state index contributed by atoms with van der Waals surface area (Å²) >= 11 is 0. The van der Waals surface area contributed by atoms with Crippen LogP contribution in [0.2, 0.25) is 0 Å². The third kappa shape index (κ3) is 4.46. The first-order valence-corrected chi connectivity index (χ1v) is 10.9. The average Bonchev–Trinajstić information content (AvgIpc) is 3.28. The zero-order valence-corrected chi connectivity index (χ0v) is 19.1. The number of hydrogen-bond donors (Lipinski definition) is 2. The molecule has 0 aliphatic rings. The first kappa shape index (κ1) is 21.8. The van der Waals surface area contributed by atoms with Crippen molar-refractivity contribution < 1.29 is 9.90 Å². The molecule has 0 saturated heterocycles. The van der Waals surface area contributed by atoms with Gasteiger partial charge in [0.2, 0.25) is 0 Å². The number of fused-ring (bicyclic) bond motifs is 1. The molecule has 0 fully saturated rings. The molecule has 0 unspecified atom stereocenters. The molecule has 0 spiro atoms. The highest BCUT2D eigenvalue weighted by molar-refractivity contribution is 5.95. The van der Waals surface area contributed by atoms with Gasteiger partial charge in [0, 0.05) is 24.5 Å². The Morgan fingerprint density at radius 2 is 1.78 bits per heavy atom. The summed E-state index contributed by atoms with van der Waals surface area (Å²) in [5, 5.41) is 13.4. The number of aryl methyl sites for hydroxylation is 3. The second kappa shape index (κ2) is 9.01. The molecule has 6 nitrogen and oxygen atoms in total. The Labute approximate surface area is 188 Å². The normalized spacial score (nSPS) is 12.3. The molecule has 0 bridgehead atoms. The number of carbonyl (C=O) groups excluding carboxylic acids is 1. The van der Waals surface area contributed by atoms with Crippen LogP contribution in [0.1, 0.15) is 38.4 Å². The standard InChI is InChI=1S/C26H30N4O2/c1-17-10-24-25(11-18(17)2)29(16-28-24)15-22(31)13-27-26(32)23-12-19(3)30(20(23)4)14-21-8-6-5-7-9-21/h5-12,16,22,31H,13-15H2,1-4H3,(H,27,32)/t22-/m1/s1. The van der Waals surface area contributed by atoms with E-state index in [2.05, 4.69) is 53.0 Å². The van der Waals surface area contributed by atoms with Crippen LogP contribution in [0.25, 0.3) is 11.0 Å². The van der Waals surface area contributed by atoms with Gasteiger partial charge in [0.1, 0.15) is 0 Å². The molecular weight excluding hydrogens is 400 g/mol. The van der Waals surface area contributed by atoms with Crippen molar-refractivity contribution in [3.8, 4) is 0 Å². The van der Waals surface area contributed by atoms with Crippen LogP contribution in [0.15, 0.2) is 54.9 Å². The summed E-state index contributed by atoms with van der Waals surface area (Å²) in [6.07, 6.45) is 1.02. The lowest BCUT2D eigenvalue weighted by molar-refractivity contribution is 0.0904. The van der Waals surface area contributed by atoms with E-state index >= 15 is 0 Å². The van der Waals surface area contributed by atoms with Crippen molar-refractivity contribution in [2.75, 3.05) is 6.54 Å². The number of amides is 1. The lowest BCUT2D eigenvalue weighted by Crippen LogP contribution is -2.34. The van der Waals surface area contributed by atoms with Crippen molar-refractivity contribution in [2.45, 2.75) is 46.9 Å². The molecule has 166 valence electrons. The molecule has 1 amide bonds. The van der Waals surface area contributed by atoms with Crippen LogP contribution in [0.3, 0.4) is 0 Å². The maximum Gasteiger partial charge on any atom is 0.253 e. The Morgan fingerprint density at radius 3 is 2.53 bits per heavy atom. The van der Waals surface area contributed by atoms with Gasteiger partial charge in [0.15, 0.2) is 0 Å². The van der Waals surface area contributed by atoms with Gasteiger partial charge in [0.05, 0.1) is 35.6 Å². The van der Waals surface area contributed by atoms with E-state index in [0.29, 0.717) is 12.1 Å². The fourth-order valence-electron chi connectivity index (χ4n) is 4.10. The smallest absolute Gasteiger partial charge is 0.253 e. The predicted molar refractivity (Wildman–Crippen MR) is 127 cm³/mol. The van der Waals surface area contributed by atoms with Crippen LogP contribution in [0.4, 0.5) is 0 Å². The summed E-state index contributed by atoms with van der Waals surface area (Å²) in [5.41, 5.74) is 8.07. The fourth-order valence-corrected chi connectivity index (χ4v) is 4.10. The minimum absolute atomic E-state index is 0.168. The average molecular weight is 431 g/mol. The van der Waals surface area contributed by atoms with Crippen LogP contribution in [-0.4, -0.2) is 37.8 Å². The summed E-state index contributed by atoms with van der Waals surface area (Å²) in [7, 11) is 0. The number of rotatable bonds is 7. The Balaban J connectivity index is 1.41. The van der Waals surface area contributed by atoms with Crippen LogP contribution in [0.5, 0.6) is 0 Å². The van der Waals surface area contributed by atoms with Crippen molar-refractivity contribution in [1.82, 2.24) is 19.4 Å². The highest BCUT2D eigenvalue weighted by atomic mass is 16.3. The molecule has 0 aliphatic carbocycles. The maximum atomic E-state index is 12.8. The SMILES string of the molecule is Cc1cc2ncn(C[C@H](O)CNC(=O)c3cc(C)n(Cc4ccccc4)c3C)c2cc1C. The Morgan fingerprint density at radius 1 is 1.06 bits per heavy atom. The van der Waals surface area contributed by atoms with Crippen LogP contribution in [-0.2, 0) is 13.1 Å². The van der Waals surface area contributed by atoms with Gasteiger partial charge in [-0.1, -0.05) is 30.3 Å². The number of aromatic nitrogens is 3. The van der Waals surface area contributed by atoms with Crippen molar-refractivity contribution in [1.29, 1.82) is 0 Å². The third-order valence-corrected chi connectivity index (χ3v) is 6.14. The molecule has 32 heavy (non-hydrogen) atoms. The topological polar surface area (TPSA) is 72.1 Å². The molecule has 2 aromatic carbocycles. The first-order chi connectivity index (χ1) is 15.3. The van der Waals surface area contributed by atoms with Gasteiger partial charge < -0.3 is 19.6 Å². The number of benzene rings is 2. The van der Waals surface area contributed by atoms with Gasteiger partial charge in [-0.05, 0) is 62.6 Å². The second-order valence-electron chi connectivity index (χ2n) is 8.54. The van der Waals surface area contributed by atoms with Gasteiger partial charge in [-0.3, -0.25) is 4.79 Å². The quantitative estimate of drug-likeness (QED) is 0.467. The molecule has 6 heteroatoms. The Hall–Kier alpha value is -3.38. The zero-order valence-electron chi connectivity index (χ0n) is 19.1. The summed E-state index contributed by atoms with van der Waals surface area (Å²) in [6.45, 7) is 9.36. The highest BCUT2D eigenvalue weighted by Crippen LogP contribution is 2.19. The van der Waals surface area contributed by atoms with Crippen LogP contribution >= 0.6 is 0 Å². The number of aliphatic hydroxyl groups is 1. The summed E-state index contributed by atoms with van der Waals surface area (Å²) < 4.78 is 4.08. The third-order valence-electron chi connectivity index (χ3n) is 6.14. The molecule has 4 aromatic rings. The summed E-state index contributed by atoms with van der Waals surface area (Å²) in [5.74, 6) is -0.168. The molecular formula is C26H30N4O2. The number of hydrogen-bond acceptors (Lipinski definition) is 3. The predicted octanol–water partition coefficient (Wildman–Crippen LogP) is 3.91. The number of carbonyl (C=O) groups is 1. The van der Waals surface area contributed by atoms with Crippen molar-refractivity contribution in [3.05, 3.63) is 88.5 Å². The van der Waals surface area contributed by atoms with Gasteiger partial charge in [-0.25, -0.2) is 4.98 Å². The lowest BCUT2D eigenvalue weighted by Gasteiger charge is -2.14. The number of nitrogens with one attached hydrogen (secondary N) is 1. The number of aliphatic hydroxyl groups excluding tert-OH is 1. The zero-order chi connectivity index (χ0) is 22.8. The first-order valence-electron chi connectivity index (χ1n) is 10.9. The maximum absolute atomic E-state index is 12.8. The van der Waals surface area contributed by atoms with Crippen LogP contribution < -0.4 is 5.32 Å². The molecule has 4 rings (SSSR count). The van der Waals surface area contributed by atoms with E-state index < -0.39 is 6.10 Å². The number of nitrogens with zero attached hydrogens (tertiary/aromatic N) is 3. The minimum Gasteiger partial charge on any atom is -0.389 e. The van der Waals surface area contributed by atoms with Gasteiger partial charge in [-0.2, -0.15) is 0 Å². The highest BCUT2D eigenvalue weighted by Gasteiger charge is 2.17. The summed E-state index contributed by atoms with van der Waals surface area (Å²) in [4.78, 5) is 17.3. The molecule has 1 atom stereocenters. The van der Waals surface area contributed by atoms with Gasteiger partial charge >= 0.3 is 0 Å². The summed E-state index contributed by atoms with van der Waals surface area (Å²) in [6, 6.07) is 16.3. The molecule has 2 aromatic heterocycles. The largest absolute Gasteiger partial charge is 0.389 e. The van der Waals surface area contributed by atoms with E-state index in [4.69, 9.17) is 0 Å². The fraction of sp³-hybridized carbons (Fsp3) is 0.308. The van der Waals surface area contributed by atoms with E-state index in [1.807, 2.05) is 42.7 Å². The van der Waals surface area contributed by atoms with Gasteiger partial charge in [0.25, 0.3) is 5.91 Å². The molecule has 0 radical (unpaired) electrons. The van der Waals surface area contributed by atoms with E-state index in [1.165, 1.54) is 16.7 Å². The van der Waals surface area contributed by atoms with E-state index in [-0.39, 0.29) is 12.5 Å². The van der Waals surface area contributed by atoms with Crippen molar-refractivity contribution >= 4 is 16.9 Å². The second-order valence-corrected chi connectivity index (χ2v) is 8.54. The van der Waals surface area contributed by atoms with Gasteiger partial charge in [-0.15, -0.1) is 0 Å². The lowest BCUT2D eigenvalue weighted by atomic mass is 10.1. The molecule has 2 heterocycles. The van der Waals surface area contributed by atoms with Crippen molar-refractivity contribution in [2.24, 2.45) is 0 Å². The minimum atomic E-state index is -0.717. The molecule has 0 aliphatic heterocycles. The van der Waals surface area contributed by atoms with Crippen molar-refractivity contribution in [3.63, 3.8) is 0 Å². The number of imidazole rings is 1. The van der Waals surface area contributed by atoms with E-state index in [1.54, 1.807) is 6.33 Å². The van der Waals surface area contributed by atoms with Crippen LogP contribution in [0, 0.1) is 27.7 Å². The monoisotopic (exact) mass is 430 g/mol. The molecule has 2 N–H and O–H groups in total. The Kier molecular flexibility index (Phi) is 6.15. The molecule has 0 saturated carbocycles.